The predicted octanol–water partition coefficient (Wildman–Crippen LogP) is 3.87. The lowest BCUT2D eigenvalue weighted by molar-refractivity contribution is -0.144. The van der Waals surface area contributed by atoms with E-state index >= 15 is 0 Å². The van der Waals surface area contributed by atoms with Gasteiger partial charge in [0.15, 0.2) is 5.69 Å². The van der Waals surface area contributed by atoms with Gasteiger partial charge in [0, 0.05) is 26.2 Å². The van der Waals surface area contributed by atoms with Crippen molar-refractivity contribution in [1.29, 1.82) is 0 Å². The van der Waals surface area contributed by atoms with E-state index in [1.165, 1.54) is 6.08 Å². The predicted molar refractivity (Wildman–Crippen MR) is 145 cm³/mol. The summed E-state index contributed by atoms with van der Waals surface area (Å²) < 4.78 is 7.56. The van der Waals surface area contributed by atoms with Gasteiger partial charge in [-0.15, -0.1) is 0 Å². The number of nitrogens with two attached hydrogens (primary N) is 1. The molecule has 0 radical (unpaired) electrons. The lowest BCUT2D eigenvalue weighted by Gasteiger charge is -2.57. The second-order valence-corrected chi connectivity index (χ2v) is 10.3. The Morgan fingerprint density at radius 2 is 1.82 bits per heavy atom. The average Bonchev–Trinajstić information content (AvgIpc) is 3.32. The van der Waals surface area contributed by atoms with E-state index in [0.29, 0.717) is 30.2 Å². The van der Waals surface area contributed by atoms with E-state index in [1.807, 2.05) is 59.5 Å². The number of rotatable bonds is 6. The highest BCUT2D eigenvalue weighted by Gasteiger charge is 2.49. The first-order chi connectivity index (χ1) is 18.5. The lowest BCUT2D eigenvalue weighted by atomic mass is 9.73. The van der Waals surface area contributed by atoms with E-state index in [1.54, 1.807) is 4.68 Å². The van der Waals surface area contributed by atoms with Crippen LogP contribution in [0.2, 0.25) is 0 Å². The number of piperazine rings is 1. The molecule has 3 heterocycles. The van der Waals surface area contributed by atoms with Crippen molar-refractivity contribution in [2.75, 3.05) is 31.5 Å². The van der Waals surface area contributed by atoms with Crippen LogP contribution < -0.4 is 15.8 Å². The van der Waals surface area contributed by atoms with Gasteiger partial charge >= 0.3 is 0 Å². The van der Waals surface area contributed by atoms with E-state index in [-0.39, 0.29) is 17.5 Å². The van der Waals surface area contributed by atoms with E-state index in [2.05, 4.69) is 16.8 Å². The molecule has 9 heteroatoms. The number of aromatic nitrogens is 2. The maximum absolute atomic E-state index is 12.7. The summed E-state index contributed by atoms with van der Waals surface area (Å²) in [6, 6.07) is 17.1. The first-order valence-electron chi connectivity index (χ1n) is 13.2. The fourth-order valence-electron chi connectivity index (χ4n) is 6.10. The zero-order chi connectivity index (χ0) is 26.3. The van der Waals surface area contributed by atoms with Gasteiger partial charge in [0.1, 0.15) is 17.2 Å². The number of fused-ring (bicyclic) bond motifs is 1. The Morgan fingerprint density at radius 1 is 1.08 bits per heavy atom. The fourth-order valence-corrected chi connectivity index (χ4v) is 6.10. The number of primary amides is 1. The fraction of sp³-hybridized carbons (Fsp3) is 0.345. The largest absolute Gasteiger partial charge is 0.457 e. The number of ether oxygens (including phenoxy) is 1. The minimum atomic E-state index is -0.534. The van der Waals surface area contributed by atoms with Crippen LogP contribution in [-0.2, 0) is 4.79 Å². The molecule has 1 unspecified atom stereocenters. The van der Waals surface area contributed by atoms with Crippen LogP contribution in [0.1, 0.15) is 47.9 Å². The summed E-state index contributed by atoms with van der Waals surface area (Å²) in [5.74, 6) is 0.911. The van der Waals surface area contributed by atoms with Crippen molar-refractivity contribution in [3.63, 3.8) is 0 Å². The van der Waals surface area contributed by atoms with E-state index in [0.717, 1.165) is 55.9 Å². The summed E-state index contributed by atoms with van der Waals surface area (Å²) in [5.41, 5.74) is 8.35. The summed E-state index contributed by atoms with van der Waals surface area (Å²) in [6.07, 6.45) is 5.40. The Hall–Kier alpha value is -4.11. The van der Waals surface area contributed by atoms with E-state index < -0.39 is 5.91 Å². The highest BCUT2D eigenvalue weighted by Crippen LogP contribution is 2.45. The number of nitrogens with one attached hydrogen (secondary N) is 1. The highest BCUT2D eigenvalue weighted by atomic mass is 16.5. The van der Waals surface area contributed by atoms with Gasteiger partial charge in [-0.05, 0) is 68.2 Å². The zero-order valence-electron chi connectivity index (χ0n) is 21.3. The van der Waals surface area contributed by atoms with Crippen LogP contribution in [-0.4, -0.2) is 63.1 Å². The molecule has 1 saturated carbocycles. The number of amides is 2. The minimum absolute atomic E-state index is 0.00957. The van der Waals surface area contributed by atoms with Gasteiger partial charge in [-0.25, -0.2) is 4.68 Å². The monoisotopic (exact) mass is 512 g/mol. The highest BCUT2D eigenvalue weighted by molar-refractivity contribution is 5.98. The summed E-state index contributed by atoms with van der Waals surface area (Å²) in [6.45, 7) is 6.62. The molecule has 3 aliphatic rings. The quantitative estimate of drug-likeness (QED) is 0.486. The maximum atomic E-state index is 12.7. The molecule has 3 aromatic rings. The van der Waals surface area contributed by atoms with Crippen molar-refractivity contribution in [2.24, 2.45) is 5.73 Å². The number of carbonyl (C=O) groups excluding carboxylic acids is 2. The topological polar surface area (TPSA) is 106 Å². The molecule has 1 spiro atoms. The zero-order valence-corrected chi connectivity index (χ0v) is 21.3. The van der Waals surface area contributed by atoms with Crippen LogP contribution in [0, 0.1) is 0 Å². The molecule has 3 N–H and O–H groups in total. The van der Waals surface area contributed by atoms with Crippen molar-refractivity contribution < 1.29 is 14.3 Å². The molecule has 2 fully saturated rings. The van der Waals surface area contributed by atoms with Gasteiger partial charge in [0.25, 0.3) is 5.91 Å². The van der Waals surface area contributed by atoms with Gasteiger partial charge < -0.3 is 20.7 Å². The Labute approximate surface area is 221 Å². The number of carbonyl (C=O) groups is 2. The van der Waals surface area contributed by atoms with Crippen molar-refractivity contribution in [2.45, 2.75) is 37.3 Å². The van der Waals surface area contributed by atoms with Crippen molar-refractivity contribution >= 4 is 17.5 Å². The molecule has 1 saturated heterocycles. The molecular formula is C29H32N6O3. The molecule has 1 aromatic heterocycles. The molecule has 6 rings (SSSR count). The Balaban J connectivity index is 1.30. The molecule has 2 aromatic carbocycles. The summed E-state index contributed by atoms with van der Waals surface area (Å²) in [5, 5.41) is 8.34. The van der Waals surface area contributed by atoms with E-state index in [9.17, 15) is 9.59 Å². The Kier molecular flexibility index (Phi) is 6.15. The standard InChI is InChI=1S/C29H32N6O3/c1-2-24(36)34-18-17-33(19-29(34)14-6-15-29)23-13-16-31-26-25(23)32-35(27(26)28(30)37)20-9-11-22(12-10-20)38-21-7-4-3-5-8-21/h2-5,7-12,23,31H,1,6,13-19H2,(H2,30,37). The third-order valence-electron chi connectivity index (χ3n) is 8.09. The average molecular weight is 513 g/mol. The second-order valence-electron chi connectivity index (χ2n) is 10.3. The first kappa shape index (κ1) is 24.2. The summed E-state index contributed by atoms with van der Waals surface area (Å²) >= 11 is 0. The molecule has 196 valence electrons. The van der Waals surface area contributed by atoms with Gasteiger partial charge in [-0.2, -0.15) is 5.10 Å². The van der Waals surface area contributed by atoms with Crippen molar-refractivity contribution in [1.82, 2.24) is 19.6 Å². The van der Waals surface area contributed by atoms with Crippen LogP contribution in [0.5, 0.6) is 11.5 Å². The first-order valence-corrected chi connectivity index (χ1v) is 13.2. The normalized spacial score (nSPS) is 20.2. The second kappa shape index (κ2) is 9.64. The van der Waals surface area contributed by atoms with Crippen molar-refractivity contribution in [3.05, 3.63) is 78.6 Å². The minimum Gasteiger partial charge on any atom is -0.457 e. The third kappa shape index (κ3) is 4.12. The van der Waals surface area contributed by atoms with Crippen molar-refractivity contribution in [3.8, 4) is 17.2 Å². The molecule has 38 heavy (non-hydrogen) atoms. The van der Waals surface area contributed by atoms with Crippen LogP contribution in [0.25, 0.3) is 5.69 Å². The summed E-state index contributed by atoms with van der Waals surface area (Å²) in [4.78, 5) is 29.7. The lowest BCUT2D eigenvalue weighted by Crippen LogP contribution is -2.67. The molecular weight excluding hydrogens is 480 g/mol. The number of hydrogen-bond donors (Lipinski definition) is 2. The van der Waals surface area contributed by atoms with Crippen LogP contribution in [0.3, 0.4) is 0 Å². The molecule has 2 aliphatic heterocycles. The Bertz CT molecular complexity index is 1360. The number of anilines is 1. The number of nitrogens with zero attached hydrogens (tertiary/aromatic N) is 4. The molecule has 0 bridgehead atoms. The Morgan fingerprint density at radius 3 is 2.47 bits per heavy atom. The number of para-hydroxylation sites is 1. The van der Waals surface area contributed by atoms with Crippen LogP contribution in [0.4, 0.5) is 5.69 Å². The smallest absolute Gasteiger partial charge is 0.269 e. The number of hydrogen-bond acceptors (Lipinski definition) is 6. The van der Waals surface area contributed by atoms with Gasteiger partial charge in [0.05, 0.1) is 23.0 Å². The SMILES string of the molecule is C=CC(=O)N1CCN(C2CCNc3c2nn(-c2ccc(Oc4ccccc4)cc2)c3C(N)=O)CC12CCC2. The van der Waals surface area contributed by atoms with Gasteiger partial charge in [-0.1, -0.05) is 24.8 Å². The van der Waals surface area contributed by atoms with Gasteiger partial charge in [-0.3, -0.25) is 14.5 Å². The molecule has 1 aliphatic carbocycles. The van der Waals surface area contributed by atoms with Gasteiger partial charge in [0.2, 0.25) is 5.91 Å². The maximum Gasteiger partial charge on any atom is 0.269 e. The summed E-state index contributed by atoms with van der Waals surface area (Å²) in [7, 11) is 0. The number of benzene rings is 2. The molecule has 9 nitrogen and oxygen atoms in total. The molecule has 1 atom stereocenters. The van der Waals surface area contributed by atoms with Crippen LogP contribution in [0.15, 0.2) is 67.3 Å². The van der Waals surface area contributed by atoms with Crippen LogP contribution >= 0.6 is 0 Å². The van der Waals surface area contributed by atoms with E-state index in [4.69, 9.17) is 15.6 Å². The molecule has 2 amide bonds. The third-order valence-corrected chi connectivity index (χ3v) is 8.09.